The molecule has 0 aliphatic heterocycles. The molecule has 1 rings (SSSR count). The number of hydrogen-bond acceptors (Lipinski definition) is 3. The van der Waals surface area contributed by atoms with Crippen molar-refractivity contribution in [2.75, 3.05) is 13.1 Å². The standard InChI is InChI=1S/C14H28N4/c1-5-8-17(14(4,6-2)12-15)10-13-9-16-18(7-3)11-13/h9,11H,5-8,10,12,15H2,1-4H3. The third kappa shape index (κ3) is 3.56. The van der Waals surface area contributed by atoms with E-state index < -0.39 is 0 Å². The molecule has 1 unspecified atom stereocenters. The second kappa shape index (κ2) is 6.90. The molecule has 1 aromatic rings. The zero-order valence-corrected chi connectivity index (χ0v) is 12.3. The predicted molar refractivity (Wildman–Crippen MR) is 76.4 cm³/mol. The fraction of sp³-hybridized carbons (Fsp3) is 0.786. The van der Waals surface area contributed by atoms with E-state index in [0.29, 0.717) is 6.54 Å². The Hall–Kier alpha value is -0.870. The summed E-state index contributed by atoms with van der Waals surface area (Å²) in [6, 6.07) is 0. The van der Waals surface area contributed by atoms with Gasteiger partial charge in [0.25, 0.3) is 0 Å². The van der Waals surface area contributed by atoms with Gasteiger partial charge in [-0.1, -0.05) is 13.8 Å². The highest BCUT2D eigenvalue weighted by atomic mass is 15.3. The van der Waals surface area contributed by atoms with Crippen molar-refractivity contribution in [2.24, 2.45) is 5.73 Å². The Bertz CT molecular complexity index is 341. The molecule has 1 heterocycles. The molecule has 0 aliphatic rings. The summed E-state index contributed by atoms with van der Waals surface area (Å²) >= 11 is 0. The fourth-order valence-electron chi connectivity index (χ4n) is 2.19. The van der Waals surface area contributed by atoms with Gasteiger partial charge in [0.2, 0.25) is 0 Å². The van der Waals surface area contributed by atoms with Gasteiger partial charge in [0.15, 0.2) is 0 Å². The van der Waals surface area contributed by atoms with E-state index in [1.165, 1.54) is 5.56 Å². The number of hydrogen-bond donors (Lipinski definition) is 1. The molecule has 18 heavy (non-hydrogen) atoms. The largest absolute Gasteiger partial charge is 0.329 e. The van der Waals surface area contributed by atoms with Crippen molar-refractivity contribution in [1.29, 1.82) is 0 Å². The summed E-state index contributed by atoms with van der Waals surface area (Å²) in [5.41, 5.74) is 7.34. The van der Waals surface area contributed by atoms with Gasteiger partial charge in [0.05, 0.1) is 6.20 Å². The van der Waals surface area contributed by atoms with Crippen molar-refractivity contribution < 1.29 is 0 Å². The molecule has 4 heteroatoms. The van der Waals surface area contributed by atoms with Gasteiger partial charge in [0.1, 0.15) is 0 Å². The van der Waals surface area contributed by atoms with Gasteiger partial charge in [-0.25, -0.2) is 0 Å². The molecule has 0 fully saturated rings. The number of aryl methyl sites for hydroxylation is 1. The van der Waals surface area contributed by atoms with Crippen LogP contribution in [-0.4, -0.2) is 33.3 Å². The fourth-order valence-corrected chi connectivity index (χ4v) is 2.19. The van der Waals surface area contributed by atoms with Crippen LogP contribution in [0, 0.1) is 0 Å². The van der Waals surface area contributed by atoms with E-state index in [4.69, 9.17) is 5.73 Å². The van der Waals surface area contributed by atoms with Gasteiger partial charge in [-0.15, -0.1) is 0 Å². The molecule has 0 radical (unpaired) electrons. The van der Waals surface area contributed by atoms with E-state index in [9.17, 15) is 0 Å². The van der Waals surface area contributed by atoms with Crippen LogP contribution in [0.5, 0.6) is 0 Å². The van der Waals surface area contributed by atoms with Gasteiger partial charge in [-0.2, -0.15) is 5.10 Å². The number of nitrogens with zero attached hydrogens (tertiary/aromatic N) is 3. The molecule has 0 spiro atoms. The molecule has 0 saturated carbocycles. The van der Waals surface area contributed by atoms with Crippen molar-refractivity contribution in [3.8, 4) is 0 Å². The summed E-state index contributed by atoms with van der Waals surface area (Å²) in [7, 11) is 0. The van der Waals surface area contributed by atoms with Gasteiger partial charge in [0, 0.05) is 36.9 Å². The number of aromatic nitrogens is 2. The van der Waals surface area contributed by atoms with Crippen LogP contribution < -0.4 is 5.73 Å². The maximum atomic E-state index is 5.97. The minimum Gasteiger partial charge on any atom is -0.329 e. The first-order chi connectivity index (χ1) is 8.59. The predicted octanol–water partition coefficient (Wildman–Crippen LogP) is 2.24. The van der Waals surface area contributed by atoms with Crippen LogP contribution >= 0.6 is 0 Å². The quantitative estimate of drug-likeness (QED) is 0.772. The first kappa shape index (κ1) is 15.2. The smallest absolute Gasteiger partial charge is 0.0534 e. The Labute approximate surface area is 111 Å². The monoisotopic (exact) mass is 252 g/mol. The summed E-state index contributed by atoms with van der Waals surface area (Å²) in [4.78, 5) is 2.49. The Balaban J connectivity index is 2.79. The summed E-state index contributed by atoms with van der Waals surface area (Å²) < 4.78 is 1.98. The van der Waals surface area contributed by atoms with Gasteiger partial charge >= 0.3 is 0 Å². The minimum atomic E-state index is 0.0876. The molecular weight excluding hydrogens is 224 g/mol. The Morgan fingerprint density at radius 1 is 1.39 bits per heavy atom. The van der Waals surface area contributed by atoms with Crippen LogP contribution in [0.4, 0.5) is 0 Å². The lowest BCUT2D eigenvalue weighted by Gasteiger charge is -2.40. The molecule has 0 saturated heterocycles. The average molecular weight is 252 g/mol. The second-order valence-electron chi connectivity index (χ2n) is 5.18. The van der Waals surface area contributed by atoms with Crippen LogP contribution in [0.25, 0.3) is 0 Å². The Morgan fingerprint density at radius 3 is 2.56 bits per heavy atom. The van der Waals surface area contributed by atoms with Crippen molar-refractivity contribution in [2.45, 2.75) is 59.2 Å². The lowest BCUT2D eigenvalue weighted by atomic mass is 9.95. The van der Waals surface area contributed by atoms with Gasteiger partial charge in [-0.05, 0) is 33.2 Å². The zero-order chi connectivity index (χ0) is 13.6. The van der Waals surface area contributed by atoms with E-state index >= 15 is 0 Å². The van der Waals surface area contributed by atoms with Crippen LogP contribution in [-0.2, 0) is 13.1 Å². The van der Waals surface area contributed by atoms with E-state index in [1.54, 1.807) is 0 Å². The molecular formula is C14H28N4. The third-order valence-corrected chi connectivity index (χ3v) is 3.84. The SMILES string of the molecule is CCCN(Cc1cnn(CC)c1)C(C)(CC)CN. The van der Waals surface area contributed by atoms with Crippen molar-refractivity contribution in [3.05, 3.63) is 18.0 Å². The van der Waals surface area contributed by atoms with Crippen LogP contribution in [0.2, 0.25) is 0 Å². The Kier molecular flexibility index (Phi) is 5.82. The first-order valence-electron chi connectivity index (χ1n) is 7.06. The average Bonchev–Trinajstić information content (AvgIpc) is 2.85. The summed E-state index contributed by atoms with van der Waals surface area (Å²) in [6.07, 6.45) is 6.33. The molecule has 0 amide bonds. The normalized spacial score (nSPS) is 15.0. The third-order valence-electron chi connectivity index (χ3n) is 3.84. The summed E-state index contributed by atoms with van der Waals surface area (Å²) in [5.74, 6) is 0. The van der Waals surface area contributed by atoms with Crippen molar-refractivity contribution >= 4 is 0 Å². The summed E-state index contributed by atoms with van der Waals surface area (Å²) in [6.45, 7) is 12.4. The number of rotatable bonds is 8. The molecule has 0 aliphatic carbocycles. The highest BCUT2D eigenvalue weighted by Gasteiger charge is 2.28. The van der Waals surface area contributed by atoms with Crippen molar-refractivity contribution in [3.63, 3.8) is 0 Å². The molecule has 2 N–H and O–H groups in total. The molecule has 1 aromatic heterocycles. The molecule has 4 nitrogen and oxygen atoms in total. The van der Waals surface area contributed by atoms with E-state index in [0.717, 1.165) is 32.5 Å². The van der Waals surface area contributed by atoms with Crippen molar-refractivity contribution in [1.82, 2.24) is 14.7 Å². The second-order valence-corrected chi connectivity index (χ2v) is 5.18. The van der Waals surface area contributed by atoms with Crippen LogP contribution in [0.15, 0.2) is 12.4 Å². The minimum absolute atomic E-state index is 0.0876. The Morgan fingerprint density at radius 2 is 2.11 bits per heavy atom. The topological polar surface area (TPSA) is 47.1 Å². The molecule has 0 bridgehead atoms. The highest BCUT2D eigenvalue weighted by molar-refractivity contribution is 5.05. The van der Waals surface area contributed by atoms with Gasteiger partial charge < -0.3 is 5.73 Å². The van der Waals surface area contributed by atoms with Gasteiger partial charge in [-0.3, -0.25) is 9.58 Å². The lowest BCUT2D eigenvalue weighted by molar-refractivity contribution is 0.0972. The van der Waals surface area contributed by atoms with Crippen LogP contribution in [0.3, 0.4) is 0 Å². The lowest BCUT2D eigenvalue weighted by Crippen LogP contribution is -2.51. The van der Waals surface area contributed by atoms with E-state index in [-0.39, 0.29) is 5.54 Å². The number of nitrogens with two attached hydrogens (primary N) is 1. The molecule has 0 aromatic carbocycles. The van der Waals surface area contributed by atoms with E-state index in [2.05, 4.69) is 43.9 Å². The molecule has 104 valence electrons. The van der Waals surface area contributed by atoms with E-state index in [1.807, 2.05) is 10.9 Å². The molecule has 1 atom stereocenters. The zero-order valence-electron chi connectivity index (χ0n) is 12.3. The summed E-state index contributed by atoms with van der Waals surface area (Å²) in [5, 5.41) is 4.34. The highest BCUT2D eigenvalue weighted by Crippen LogP contribution is 2.21. The van der Waals surface area contributed by atoms with Crippen LogP contribution in [0.1, 0.15) is 46.1 Å². The first-order valence-corrected chi connectivity index (χ1v) is 7.06. The maximum absolute atomic E-state index is 5.97. The maximum Gasteiger partial charge on any atom is 0.0534 e.